The molecule has 0 saturated carbocycles. The zero-order valence-electron chi connectivity index (χ0n) is 28.2. The van der Waals surface area contributed by atoms with Crippen LogP contribution in [0.2, 0.25) is 0 Å². The van der Waals surface area contributed by atoms with Gasteiger partial charge in [-0.1, -0.05) is 24.3 Å². The maximum Gasteiger partial charge on any atom is 0.354 e. The molecule has 0 amide bonds. The number of hydrazone groups is 1. The van der Waals surface area contributed by atoms with Crippen LogP contribution in [0.15, 0.2) is 58.5 Å². The first-order valence-electron chi connectivity index (χ1n) is 16.2. The molecule has 1 unspecified atom stereocenters. The summed E-state index contributed by atoms with van der Waals surface area (Å²) in [4.78, 5) is 14.4. The summed E-state index contributed by atoms with van der Waals surface area (Å²) in [5, 5.41) is 14.9. The number of esters is 1. The first-order chi connectivity index (χ1) is 23.1. The molecule has 8 bridgehead atoms. The predicted octanol–water partition coefficient (Wildman–Crippen LogP) is 7.77. The summed E-state index contributed by atoms with van der Waals surface area (Å²) in [6, 6.07) is 16.0. The van der Waals surface area contributed by atoms with E-state index in [0.29, 0.717) is 42.0 Å². The van der Waals surface area contributed by atoms with Crippen LogP contribution in [0.1, 0.15) is 47.2 Å². The summed E-state index contributed by atoms with van der Waals surface area (Å²) in [6.45, 7) is 4.69. The lowest BCUT2D eigenvalue weighted by Gasteiger charge is -2.31. The molecule has 4 heterocycles. The smallest absolute Gasteiger partial charge is 0.354 e. The molecule has 11 heteroatoms. The number of aromatic nitrogens is 3. The number of nitrogens with zero attached hydrogens (tertiary/aromatic N) is 5. The number of thioether (sulfide) groups is 2. The highest BCUT2D eigenvalue weighted by Gasteiger charge is 2.36. The van der Waals surface area contributed by atoms with Gasteiger partial charge in [0.2, 0.25) is 0 Å². The highest BCUT2D eigenvalue weighted by Crippen LogP contribution is 2.41. The summed E-state index contributed by atoms with van der Waals surface area (Å²) in [5.74, 6) is 2.26. The van der Waals surface area contributed by atoms with Gasteiger partial charge < -0.3 is 14.0 Å². The van der Waals surface area contributed by atoms with E-state index < -0.39 is 5.97 Å². The van der Waals surface area contributed by atoms with E-state index in [0.717, 1.165) is 73.0 Å². The van der Waals surface area contributed by atoms with E-state index in [9.17, 15) is 4.79 Å². The number of halogens is 1. The Morgan fingerprint density at radius 2 is 1.88 bits per heavy atom. The summed E-state index contributed by atoms with van der Waals surface area (Å²) < 4.78 is 31.5. The van der Waals surface area contributed by atoms with Gasteiger partial charge in [0.05, 0.1) is 36.2 Å². The second-order valence-electron chi connectivity index (χ2n) is 13.0. The number of rotatable bonds is 1. The van der Waals surface area contributed by atoms with Crippen LogP contribution in [0.4, 0.5) is 4.39 Å². The molecule has 0 N–H and O–H groups in total. The lowest BCUT2D eigenvalue weighted by molar-refractivity contribution is 0.0589. The third kappa shape index (κ3) is 5.64. The molecule has 0 aliphatic carbocycles. The van der Waals surface area contributed by atoms with Gasteiger partial charge in [-0.15, -0.1) is 23.5 Å². The number of carbonyl (C=O) groups is 1. The molecule has 48 heavy (non-hydrogen) atoms. The maximum absolute atomic E-state index is 16.1. The Labute approximate surface area is 288 Å². The second kappa shape index (κ2) is 12.8. The lowest BCUT2D eigenvalue weighted by atomic mass is 9.98. The zero-order valence-corrected chi connectivity index (χ0v) is 29.9. The topological polar surface area (TPSA) is 73.9 Å². The minimum absolute atomic E-state index is 0.126. The molecule has 3 aromatic carbocycles. The number of aryl methyl sites for hydroxylation is 3. The van der Waals surface area contributed by atoms with Crippen molar-refractivity contribution in [1.82, 2.24) is 19.4 Å². The highest BCUT2D eigenvalue weighted by atomic mass is 32.2. The molecule has 5 aromatic rings. The molecule has 2 aromatic heterocycles. The van der Waals surface area contributed by atoms with Crippen LogP contribution >= 0.6 is 23.5 Å². The molecular weight excluding hydrogens is 646 g/mol. The van der Waals surface area contributed by atoms with Crippen LogP contribution in [0.5, 0.6) is 5.75 Å². The van der Waals surface area contributed by atoms with Gasteiger partial charge in [0.1, 0.15) is 17.3 Å². The van der Waals surface area contributed by atoms with E-state index in [1.165, 1.54) is 13.2 Å². The Bertz CT molecular complexity index is 2100. The van der Waals surface area contributed by atoms with Crippen LogP contribution in [-0.2, 0) is 31.0 Å². The third-order valence-electron chi connectivity index (χ3n) is 9.78. The van der Waals surface area contributed by atoms with Crippen LogP contribution in [0.25, 0.3) is 32.8 Å². The predicted molar refractivity (Wildman–Crippen MR) is 194 cm³/mol. The summed E-state index contributed by atoms with van der Waals surface area (Å²) >= 11 is 3.57. The number of methoxy groups -OCH3 is 1. The average molecular weight is 686 g/mol. The SMILES string of the molecule is COC(=O)c1c2c3ccc(F)c(c3n1C)-c1c(nn(C)c1C)CSCC1=NN(C)C(C)(CSc3cc(c4ccccc4c3)OCCC2)C1. The number of ether oxygens (including phenoxy) is 2. The van der Waals surface area contributed by atoms with E-state index >= 15 is 4.39 Å². The highest BCUT2D eigenvalue weighted by molar-refractivity contribution is 7.99. The van der Waals surface area contributed by atoms with Gasteiger partial charge in [-0.3, -0.25) is 9.69 Å². The van der Waals surface area contributed by atoms with Crippen LogP contribution in [0, 0.1) is 12.7 Å². The molecule has 8 nitrogen and oxygen atoms in total. The first-order valence-corrected chi connectivity index (χ1v) is 18.3. The average Bonchev–Trinajstić information content (AvgIpc) is 3.63. The lowest BCUT2D eigenvalue weighted by Crippen LogP contribution is -2.39. The van der Waals surface area contributed by atoms with Gasteiger partial charge in [0.25, 0.3) is 0 Å². The Morgan fingerprint density at radius 1 is 1.06 bits per heavy atom. The normalized spacial score (nSPS) is 18.8. The van der Waals surface area contributed by atoms with Crippen molar-refractivity contribution in [3.05, 3.63) is 77.0 Å². The van der Waals surface area contributed by atoms with E-state index in [2.05, 4.69) is 49.3 Å². The van der Waals surface area contributed by atoms with E-state index in [4.69, 9.17) is 19.7 Å². The Hall–Kier alpha value is -3.96. The minimum Gasteiger partial charge on any atom is -0.493 e. The van der Waals surface area contributed by atoms with Crippen molar-refractivity contribution >= 4 is 56.9 Å². The van der Waals surface area contributed by atoms with Gasteiger partial charge in [-0.25, -0.2) is 9.18 Å². The van der Waals surface area contributed by atoms with Crippen molar-refractivity contribution in [2.24, 2.45) is 19.2 Å². The standard InChI is InChI=1S/C37H40FN5O3S2/c1-22-32-30(40-42(22)4)20-47-19-24-18-37(2,43(5)39-24)21-48-25-16-23-10-7-8-11-26(23)31(17-25)46-15-9-12-27-28-13-14-29(38)33(32)34(28)41(3)35(27)36(44)45-6/h7-8,10-11,13-14,16-17H,9,12,15,18-21H2,1-6H3. The molecule has 7 rings (SSSR count). The number of hydrogen-bond donors (Lipinski definition) is 0. The van der Waals surface area contributed by atoms with Gasteiger partial charge in [-0.2, -0.15) is 10.2 Å². The minimum atomic E-state index is -0.450. The van der Waals surface area contributed by atoms with Crippen LogP contribution in [0.3, 0.4) is 0 Å². The molecule has 0 fully saturated rings. The van der Waals surface area contributed by atoms with Gasteiger partial charge in [-0.05, 0) is 61.9 Å². The van der Waals surface area contributed by atoms with Crippen molar-refractivity contribution < 1.29 is 18.7 Å². The number of carbonyl (C=O) groups excluding carboxylic acids is 1. The fraction of sp³-hybridized carbons (Fsp3) is 0.378. The fourth-order valence-corrected chi connectivity index (χ4v) is 9.14. The summed E-state index contributed by atoms with van der Waals surface area (Å²) in [7, 11) is 7.15. The quantitative estimate of drug-likeness (QED) is 0.167. The van der Waals surface area contributed by atoms with Gasteiger partial charge in [0.15, 0.2) is 0 Å². The van der Waals surface area contributed by atoms with Crippen molar-refractivity contribution in [1.29, 1.82) is 0 Å². The molecule has 0 saturated heterocycles. The number of benzene rings is 3. The molecule has 0 radical (unpaired) electrons. The fourth-order valence-electron chi connectivity index (χ4n) is 7.08. The molecule has 1 atom stereocenters. The molecular formula is C37H40FN5O3S2. The van der Waals surface area contributed by atoms with Crippen molar-refractivity contribution in [2.75, 3.05) is 32.3 Å². The third-order valence-corrected chi connectivity index (χ3v) is 12.1. The van der Waals surface area contributed by atoms with E-state index in [-0.39, 0.29) is 11.4 Å². The van der Waals surface area contributed by atoms with Crippen LogP contribution in [-0.4, -0.2) is 68.8 Å². The first kappa shape index (κ1) is 32.6. The Balaban J connectivity index is 1.35. The molecule has 250 valence electrons. The Kier molecular flexibility index (Phi) is 8.70. The maximum atomic E-state index is 16.1. The Morgan fingerprint density at radius 3 is 2.69 bits per heavy atom. The van der Waals surface area contributed by atoms with E-state index in [1.54, 1.807) is 22.4 Å². The van der Waals surface area contributed by atoms with Crippen molar-refractivity contribution in [3.8, 4) is 16.9 Å². The van der Waals surface area contributed by atoms with Gasteiger partial charge in [0, 0.05) is 77.3 Å². The summed E-state index contributed by atoms with van der Waals surface area (Å²) in [5.41, 5.74) is 5.82. The van der Waals surface area contributed by atoms with Crippen molar-refractivity contribution in [2.45, 2.75) is 49.3 Å². The monoisotopic (exact) mass is 685 g/mol. The van der Waals surface area contributed by atoms with Crippen molar-refractivity contribution in [3.63, 3.8) is 0 Å². The second-order valence-corrected chi connectivity index (χ2v) is 15.0. The summed E-state index contributed by atoms with van der Waals surface area (Å²) in [6.07, 6.45) is 2.07. The largest absolute Gasteiger partial charge is 0.493 e. The number of fused-ring (bicyclic) bond motifs is 8. The van der Waals surface area contributed by atoms with Crippen LogP contribution < -0.4 is 4.74 Å². The number of hydrogen-bond acceptors (Lipinski definition) is 8. The van der Waals surface area contributed by atoms with Gasteiger partial charge >= 0.3 is 5.97 Å². The molecule has 0 spiro atoms. The molecule has 2 aliphatic heterocycles. The zero-order chi connectivity index (χ0) is 33.7. The molecule has 2 aliphatic rings. The van der Waals surface area contributed by atoms with E-state index in [1.807, 2.05) is 43.5 Å².